The standard InChI is InChI=1S/C22H31N3O7/c1-29-8-9-30-10-11-31-14-16-13-20(26)32-19-12-15(5-6-17(16)19)21(27)25-22(28)18(24)4-2-3-7-23/h5-6,12-13,18H,2-4,7-11,14,23-24H2,1H3,(H,25,27,28)/t18-/m0/s1. The van der Waals surface area contributed by atoms with Crippen molar-refractivity contribution in [2.24, 2.45) is 11.5 Å². The monoisotopic (exact) mass is 449 g/mol. The molecule has 1 atom stereocenters. The molecule has 10 heteroatoms. The molecule has 0 aliphatic carbocycles. The zero-order chi connectivity index (χ0) is 23.3. The van der Waals surface area contributed by atoms with Crippen molar-refractivity contribution < 1.29 is 28.2 Å². The Morgan fingerprint density at radius 1 is 1.09 bits per heavy atom. The molecule has 0 spiro atoms. The van der Waals surface area contributed by atoms with Crippen LogP contribution in [0.2, 0.25) is 0 Å². The van der Waals surface area contributed by atoms with Gasteiger partial charge in [-0.1, -0.05) is 12.5 Å². The van der Waals surface area contributed by atoms with Crippen LogP contribution in [0.3, 0.4) is 0 Å². The van der Waals surface area contributed by atoms with E-state index in [-0.39, 0.29) is 17.8 Å². The van der Waals surface area contributed by atoms with E-state index in [1.54, 1.807) is 19.2 Å². The Morgan fingerprint density at radius 3 is 2.59 bits per heavy atom. The highest BCUT2D eigenvalue weighted by Crippen LogP contribution is 2.19. The summed E-state index contributed by atoms with van der Waals surface area (Å²) in [5.74, 6) is -1.19. The maximum absolute atomic E-state index is 12.4. The van der Waals surface area contributed by atoms with E-state index in [2.05, 4.69) is 5.32 Å². The van der Waals surface area contributed by atoms with Gasteiger partial charge in [0.2, 0.25) is 5.91 Å². The van der Waals surface area contributed by atoms with Gasteiger partial charge in [0.25, 0.3) is 5.91 Å². The summed E-state index contributed by atoms with van der Waals surface area (Å²) in [5, 5.41) is 2.91. The van der Waals surface area contributed by atoms with Crippen LogP contribution in [0.15, 0.2) is 33.5 Å². The van der Waals surface area contributed by atoms with Crippen molar-refractivity contribution in [1.29, 1.82) is 0 Å². The molecule has 0 radical (unpaired) electrons. The van der Waals surface area contributed by atoms with E-state index in [9.17, 15) is 14.4 Å². The zero-order valence-electron chi connectivity index (χ0n) is 18.3. The van der Waals surface area contributed by atoms with Crippen molar-refractivity contribution >= 4 is 22.8 Å². The average molecular weight is 450 g/mol. The third-order valence-corrected chi connectivity index (χ3v) is 4.70. The predicted molar refractivity (Wildman–Crippen MR) is 118 cm³/mol. The van der Waals surface area contributed by atoms with E-state index >= 15 is 0 Å². The molecular formula is C22H31N3O7. The van der Waals surface area contributed by atoms with Crippen molar-refractivity contribution in [1.82, 2.24) is 5.32 Å². The summed E-state index contributed by atoms with van der Waals surface area (Å²) in [6, 6.07) is 5.15. The van der Waals surface area contributed by atoms with Gasteiger partial charge in [-0.3, -0.25) is 14.9 Å². The number of hydrogen-bond donors (Lipinski definition) is 3. The van der Waals surface area contributed by atoms with Crippen LogP contribution in [-0.2, 0) is 25.6 Å². The lowest BCUT2D eigenvalue weighted by Crippen LogP contribution is -2.43. The summed E-state index contributed by atoms with van der Waals surface area (Å²) in [5.41, 5.74) is 11.7. The van der Waals surface area contributed by atoms with Gasteiger partial charge in [0.15, 0.2) is 0 Å². The van der Waals surface area contributed by atoms with Gasteiger partial charge in [-0.05, 0) is 37.1 Å². The lowest BCUT2D eigenvalue weighted by atomic mass is 10.1. The van der Waals surface area contributed by atoms with Gasteiger partial charge in [-0.25, -0.2) is 4.79 Å². The lowest BCUT2D eigenvalue weighted by Gasteiger charge is -2.12. The fourth-order valence-electron chi connectivity index (χ4n) is 2.95. The maximum atomic E-state index is 12.4. The van der Waals surface area contributed by atoms with E-state index in [1.165, 1.54) is 12.1 Å². The Labute approximate surface area is 186 Å². The Bertz CT molecular complexity index is 945. The first-order chi connectivity index (χ1) is 15.5. The van der Waals surface area contributed by atoms with E-state index in [0.717, 1.165) is 6.42 Å². The highest BCUT2D eigenvalue weighted by Gasteiger charge is 2.18. The predicted octanol–water partition coefficient (Wildman–Crippen LogP) is 0.685. The first-order valence-electron chi connectivity index (χ1n) is 10.5. The molecule has 10 nitrogen and oxygen atoms in total. The summed E-state index contributed by atoms with van der Waals surface area (Å²) in [6.45, 7) is 2.42. The molecule has 0 bridgehead atoms. The van der Waals surface area contributed by atoms with Crippen molar-refractivity contribution in [2.45, 2.75) is 31.9 Å². The first kappa shape index (κ1) is 25.6. The third kappa shape index (κ3) is 8.13. The summed E-state index contributed by atoms with van der Waals surface area (Å²) in [4.78, 5) is 36.5. The van der Waals surface area contributed by atoms with Crippen LogP contribution in [0.1, 0.15) is 35.2 Å². The average Bonchev–Trinajstić information content (AvgIpc) is 2.77. The Hall–Kier alpha value is -2.63. The number of nitrogens with one attached hydrogen (secondary N) is 1. The van der Waals surface area contributed by atoms with E-state index in [0.29, 0.717) is 56.8 Å². The first-order valence-corrected chi connectivity index (χ1v) is 10.5. The number of carbonyl (C=O) groups is 2. The molecule has 0 unspecified atom stereocenters. The molecule has 1 heterocycles. The third-order valence-electron chi connectivity index (χ3n) is 4.70. The number of imide groups is 1. The van der Waals surface area contributed by atoms with Crippen LogP contribution in [0.25, 0.3) is 11.0 Å². The molecule has 0 saturated carbocycles. The molecule has 32 heavy (non-hydrogen) atoms. The van der Waals surface area contributed by atoms with Gasteiger partial charge in [-0.2, -0.15) is 0 Å². The topological polar surface area (TPSA) is 156 Å². The van der Waals surface area contributed by atoms with Gasteiger partial charge < -0.3 is 30.1 Å². The van der Waals surface area contributed by atoms with Crippen LogP contribution in [-0.4, -0.2) is 57.9 Å². The SMILES string of the molecule is COCCOCCOCc1cc(=O)oc2cc(C(=O)NC(=O)[C@@H](N)CCCCN)ccc12. The summed E-state index contributed by atoms with van der Waals surface area (Å²) in [7, 11) is 1.60. The zero-order valence-corrected chi connectivity index (χ0v) is 18.3. The number of ether oxygens (including phenoxy) is 3. The van der Waals surface area contributed by atoms with Gasteiger partial charge in [0.05, 0.1) is 39.1 Å². The molecule has 2 rings (SSSR count). The van der Waals surface area contributed by atoms with E-state index in [4.69, 9.17) is 30.1 Å². The number of carbonyl (C=O) groups excluding carboxylic acids is 2. The molecule has 0 aliphatic rings. The van der Waals surface area contributed by atoms with Crippen molar-refractivity contribution in [2.75, 3.05) is 40.1 Å². The Balaban J connectivity index is 2.00. The molecule has 5 N–H and O–H groups in total. The largest absolute Gasteiger partial charge is 0.423 e. The number of hydrogen-bond acceptors (Lipinski definition) is 9. The molecule has 0 aliphatic heterocycles. The second-order valence-corrected chi connectivity index (χ2v) is 7.17. The molecule has 2 amide bonds. The highest BCUT2D eigenvalue weighted by atomic mass is 16.5. The second-order valence-electron chi connectivity index (χ2n) is 7.17. The minimum Gasteiger partial charge on any atom is -0.423 e. The number of benzene rings is 1. The summed E-state index contributed by atoms with van der Waals surface area (Å²) < 4.78 is 21.0. The van der Waals surface area contributed by atoms with Crippen LogP contribution in [0.4, 0.5) is 0 Å². The summed E-state index contributed by atoms with van der Waals surface area (Å²) >= 11 is 0. The molecule has 1 aromatic carbocycles. The number of fused-ring (bicyclic) bond motifs is 1. The van der Waals surface area contributed by atoms with E-state index in [1.807, 2.05) is 0 Å². The van der Waals surface area contributed by atoms with Crippen molar-refractivity contribution in [3.8, 4) is 0 Å². The van der Waals surface area contributed by atoms with Gasteiger partial charge in [-0.15, -0.1) is 0 Å². The fraction of sp³-hybridized carbons (Fsp3) is 0.500. The van der Waals surface area contributed by atoms with Crippen LogP contribution < -0.4 is 22.4 Å². The molecule has 176 valence electrons. The fourth-order valence-corrected chi connectivity index (χ4v) is 2.95. The van der Waals surface area contributed by atoms with Crippen LogP contribution in [0, 0.1) is 0 Å². The molecule has 0 saturated heterocycles. The maximum Gasteiger partial charge on any atom is 0.336 e. The second kappa shape index (κ2) is 13.7. The number of rotatable bonds is 14. The van der Waals surface area contributed by atoms with Crippen molar-refractivity contribution in [3.05, 3.63) is 45.8 Å². The number of methoxy groups -OCH3 is 1. The lowest BCUT2D eigenvalue weighted by molar-refractivity contribution is -0.121. The highest BCUT2D eigenvalue weighted by molar-refractivity contribution is 6.07. The normalized spacial score (nSPS) is 12.1. The number of unbranched alkanes of at least 4 members (excludes halogenated alkanes) is 1. The van der Waals surface area contributed by atoms with Crippen LogP contribution >= 0.6 is 0 Å². The Kier molecular flexibility index (Phi) is 11.0. The quantitative estimate of drug-likeness (QED) is 0.279. The molecular weight excluding hydrogens is 418 g/mol. The minimum absolute atomic E-state index is 0.174. The smallest absolute Gasteiger partial charge is 0.336 e. The molecule has 1 aromatic heterocycles. The Morgan fingerprint density at radius 2 is 1.84 bits per heavy atom. The number of amides is 2. The van der Waals surface area contributed by atoms with Gasteiger partial charge in [0.1, 0.15) is 5.58 Å². The van der Waals surface area contributed by atoms with E-state index < -0.39 is 23.5 Å². The van der Waals surface area contributed by atoms with Crippen molar-refractivity contribution in [3.63, 3.8) is 0 Å². The molecule has 2 aromatic rings. The van der Waals surface area contributed by atoms with Crippen LogP contribution in [0.5, 0.6) is 0 Å². The molecule has 0 fully saturated rings. The van der Waals surface area contributed by atoms with Gasteiger partial charge >= 0.3 is 5.63 Å². The summed E-state index contributed by atoms with van der Waals surface area (Å²) in [6.07, 6.45) is 1.89. The number of nitrogens with two attached hydrogens (primary N) is 2. The van der Waals surface area contributed by atoms with Gasteiger partial charge in [0, 0.05) is 24.1 Å². The minimum atomic E-state index is -0.800.